The van der Waals surface area contributed by atoms with Crippen LogP contribution in [-0.4, -0.2) is 5.78 Å². The minimum atomic E-state index is 0.513. The molecular weight excluding hydrogens is 136 g/mol. The Balaban J connectivity index is 1.99. The van der Waals surface area contributed by atoms with E-state index in [9.17, 15) is 4.79 Å². The highest BCUT2D eigenvalue weighted by Gasteiger charge is 2.49. The number of carbonyl (C=O) groups is 1. The molecule has 1 heteroatoms. The molecule has 0 aliphatic heterocycles. The highest BCUT2D eigenvalue weighted by Crippen LogP contribution is 2.54. The molecule has 60 valence electrons. The summed E-state index contributed by atoms with van der Waals surface area (Å²) >= 11 is 0. The van der Waals surface area contributed by atoms with Crippen LogP contribution in [0.3, 0.4) is 0 Å². The molecule has 3 rings (SSSR count). The van der Waals surface area contributed by atoms with Gasteiger partial charge in [0.15, 0.2) is 0 Å². The smallest absolute Gasteiger partial charge is 0.136 e. The van der Waals surface area contributed by atoms with Crippen molar-refractivity contribution in [3.63, 3.8) is 0 Å². The van der Waals surface area contributed by atoms with Gasteiger partial charge in [-0.2, -0.15) is 0 Å². The standard InChI is InChI=1S/C10H14O/c11-10-5-8-4-9(10)7-2-1-6(8)3-7/h6-9H,1-5H2. The molecule has 4 atom stereocenters. The predicted octanol–water partition coefficient (Wildman–Crippen LogP) is 2.01. The van der Waals surface area contributed by atoms with E-state index in [1.54, 1.807) is 0 Å². The zero-order valence-electron chi connectivity index (χ0n) is 6.75. The van der Waals surface area contributed by atoms with Gasteiger partial charge in [0.1, 0.15) is 5.78 Å². The van der Waals surface area contributed by atoms with Crippen LogP contribution in [0.2, 0.25) is 0 Å². The maximum absolute atomic E-state index is 11.4. The number of rotatable bonds is 0. The monoisotopic (exact) mass is 150 g/mol. The quantitative estimate of drug-likeness (QED) is 0.516. The minimum Gasteiger partial charge on any atom is -0.299 e. The zero-order valence-corrected chi connectivity index (χ0v) is 6.75. The summed E-state index contributed by atoms with van der Waals surface area (Å²) < 4.78 is 0. The molecule has 11 heavy (non-hydrogen) atoms. The Morgan fingerprint density at radius 2 is 1.82 bits per heavy atom. The van der Waals surface area contributed by atoms with Gasteiger partial charge in [-0.15, -0.1) is 0 Å². The third kappa shape index (κ3) is 0.692. The highest BCUT2D eigenvalue weighted by atomic mass is 16.1. The van der Waals surface area contributed by atoms with Gasteiger partial charge in [-0.25, -0.2) is 0 Å². The Labute approximate surface area is 67.2 Å². The second kappa shape index (κ2) is 1.88. The van der Waals surface area contributed by atoms with Crippen molar-refractivity contribution < 1.29 is 4.79 Å². The largest absolute Gasteiger partial charge is 0.299 e. The lowest BCUT2D eigenvalue weighted by Gasteiger charge is -2.24. The third-order valence-corrected chi connectivity index (χ3v) is 4.18. The third-order valence-electron chi connectivity index (χ3n) is 4.18. The summed E-state index contributed by atoms with van der Waals surface area (Å²) in [6, 6.07) is 0. The molecule has 0 aromatic heterocycles. The van der Waals surface area contributed by atoms with Crippen LogP contribution in [0.1, 0.15) is 32.1 Å². The average Bonchev–Trinajstić information content (AvgIpc) is 2.49. The van der Waals surface area contributed by atoms with Crippen molar-refractivity contribution in [1.82, 2.24) is 0 Å². The Hall–Kier alpha value is -0.330. The fraction of sp³-hybridized carbons (Fsp3) is 0.900. The van der Waals surface area contributed by atoms with E-state index < -0.39 is 0 Å². The van der Waals surface area contributed by atoms with E-state index in [-0.39, 0.29) is 0 Å². The lowest BCUT2D eigenvalue weighted by molar-refractivity contribution is -0.121. The van der Waals surface area contributed by atoms with Crippen LogP contribution in [0.4, 0.5) is 0 Å². The Bertz CT molecular complexity index is 209. The predicted molar refractivity (Wildman–Crippen MR) is 42.1 cm³/mol. The lowest BCUT2D eigenvalue weighted by atomic mass is 9.80. The molecule has 0 aromatic carbocycles. The summed E-state index contributed by atoms with van der Waals surface area (Å²) in [4.78, 5) is 11.4. The number of Topliss-reactive ketones (excluding diaryl/α,β-unsaturated/α-hetero) is 1. The summed E-state index contributed by atoms with van der Waals surface area (Å²) in [5.41, 5.74) is 0. The summed E-state index contributed by atoms with van der Waals surface area (Å²) in [6.07, 6.45) is 6.37. The fourth-order valence-electron chi connectivity index (χ4n) is 3.61. The molecule has 0 amide bonds. The molecule has 3 fully saturated rings. The first kappa shape index (κ1) is 6.22. The van der Waals surface area contributed by atoms with Crippen molar-refractivity contribution in [2.75, 3.05) is 0 Å². The van der Waals surface area contributed by atoms with Crippen molar-refractivity contribution in [3.8, 4) is 0 Å². The van der Waals surface area contributed by atoms with Crippen LogP contribution >= 0.6 is 0 Å². The van der Waals surface area contributed by atoms with Crippen molar-refractivity contribution >= 4 is 5.78 Å². The van der Waals surface area contributed by atoms with Crippen LogP contribution in [0.25, 0.3) is 0 Å². The normalized spacial score (nSPS) is 53.6. The van der Waals surface area contributed by atoms with Crippen molar-refractivity contribution in [1.29, 1.82) is 0 Å². The van der Waals surface area contributed by atoms with E-state index in [1.807, 2.05) is 0 Å². The molecule has 0 heterocycles. The molecular formula is C10H14O. The zero-order chi connectivity index (χ0) is 7.42. The molecule has 0 radical (unpaired) electrons. The number of fused-ring (bicyclic) bond motifs is 6. The molecule has 3 aliphatic rings. The van der Waals surface area contributed by atoms with Crippen molar-refractivity contribution in [2.24, 2.45) is 23.7 Å². The molecule has 0 N–H and O–H groups in total. The lowest BCUT2D eigenvalue weighted by Crippen LogP contribution is -2.19. The van der Waals surface area contributed by atoms with E-state index in [1.165, 1.54) is 25.7 Å². The van der Waals surface area contributed by atoms with Crippen LogP contribution in [0, 0.1) is 23.7 Å². The Morgan fingerprint density at radius 1 is 1.00 bits per heavy atom. The summed E-state index contributed by atoms with van der Waals surface area (Å²) in [5, 5.41) is 0. The SMILES string of the molecule is O=C1CC2CC1C1CCC2C1. The maximum Gasteiger partial charge on any atom is 0.136 e. The molecule has 4 unspecified atom stereocenters. The summed E-state index contributed by atoms with van der Waals surface area (Å²) in [7, 11) is 0. The van der Waals surface area contributed by atoms with Crippen LogP contribution < -0.4 is 0 Å². The molecule has 3 saturated carbocycles. The van der Waals surface area contributed by atoms with Gasteiger partial charge < -0.3 is 0 Å². The second-order valence-corrected chi connectivity index (χ2v) is 4.61. The summed E-state index contributed by atoms with van der Waals surface area (Å²) in [6.45, 7) is 0. The highest BCUT2D eigenvalue weighted by molar-refractivity contribution is 5.84. The van der Waals surface area contributed by atoms with Crippen LogP contribution in [-0.2, 0) is 4.79 Å². The van der Waals surface area contributed by atoms with Gasteiger partial charge >= 0.3 is 0 Å². The van der Waals surface area contributed by atoms with E-state index in [4.69, 9.17) is 0 Å². The first-order valence-electron chi connectivity index (χ1n) is 4.87. The topological polar surface area (TPSA) is 17.1 Å². The molecule has 3 aliphatic carbocycles. The van der Waals surface area contributed by atoms with Crippen molar-refractivity contribution in [3.05, 3.63) is 0 Å². The molecule has 0 saturated heterocycles. The van der Waals surface area contributed by atoms with Crippen LogP contribution in [0.5, 0.6) is 0 Å². The van der Waals surface area contributed by atoms with Gasteiger partial charge in [-0.1, -0.05) is 0 Å². The molecule has 0 aromatic rings. The number of hydrogen-bond donors (Lipinski definition) is 0. The van der Waals surface area contributed by atoms with E-state index in [0.29, 0.717) is 11.7 Å². The van der Waals surface area contributed by atoms with Crippen molar-refractivity contribution in [2.45, 2.75) is 32.1 Å². The first-order valence-corrected chi connectivity index (χ1v) is 4.87. The number of hydrogen-bond acceptors (Lipinski definition) is 1. The van der Waals surface area contributed by atoms with E-state index in [2.05, 4.69) is 0 Å². The van der Waals surface area contributed by atoms with Gasteiger partial charge in [0.2, 0.25) is 0 Å². The summed E-state index contributed by atoms with van der Waals surface area (Å²) in [5.74, 6) is 3.68. The van der Waals surface area contributed by atoms with Crippen LogP contribution in [0.15, 0.2) is 0 Å². The van der Waals surface area contributed by atoms with E-state index in [0.717, 1.165) is 24.2 Å². The fourth-order valence-corrected chi connectivity index (χ4v) is 3.61. The van der Waals surface area contributed by atoms with Gasteiger partial charge in [-0.3, -0.25) is 4.79 Å². The van der Waals surface area contributed by atoms with Gasteiger partial charge in [0.25, 0.3) is 0 Å². The number of carbonyl (C=O) groups excluding carboxylic acids is 1. The Morgan fingerprint density at radius 3 is 2.73 bits per heavy atom. The van der Waals surface area contributed by atoms with Gasteiger partial charge in [-0.05, 0) is 43.4 Å². The minimum absolute atomic E-state index is 0.513. The molecule has 1 nitrogen and oxygen atoms in total. The van der Waals surface area contributed by atoms with Gasteiger partial charge in [0, 0.05) is 12.3 Å². The first-order chi connectivity index (χ1) is 5.34. The number of ketones is 1. The van der Waals surface area contributed by atoms with E-state index >= 15 is 0 Å². The molecule has 0 spiro atoms. The van der Waals surface area contributed by atoms with Gasteiger partial charge in [0.05, 0.1) is 0 Å². The molecule has 4 bridgehead atoms. The second-order valence-electron chi connectivity index (χ2n) is 4.61. The maximum atomic E-state index is 11.4. The Kier molecular flexibility index (Phi) is 1.06. The average molecular weight is 150 g/mol.